The predicted octanol–water partition coefficient (Wildman–Crippen LogP) is 4.20. The molecule has 1 unspecified atom stereocenters. The minimum Gasteiger partial charge on any atom is -0.495 e. The third kappa shape index (κ3) is 3.60. The first-order chi connectivity index (χ1) is 12.7. The number of carbonyl (C=O) groups is 1. The molecular weight excluding hydrogens is 348 g/mol. The van der Waals surface area contributed by atoms with Crippen molar-refractivity contribution in [3.05, 3.63) is 60.8 Å². The standard InChI is InChI=1S/C20H20N2O3S/c1-14(19(23)25-3)26-20-21-13-17(15-9-5-4-6-10-15)22(20)16-11-7-8-12-18(16)24-2/h4-14H,1-3H3. The van der Waals surface area contributed by atoms with E-state index in [2.05, 4.69) is 4.98 Å². The van der Waals surface area contributed by atoms with Crippen molar-refractivity contribution >= 4 is 17.7 Å². The third-order valence-electron chi connectivity index (χ3n) is 3.94. The van der Waals surface area contributed by atoms with E-state index in [4.69, 9.17) is 9.47 Å². The minimum atomic E-state index is -0.375. The highest BCUT2D eigenvalue weighted by atomic mass is 32.2. The van der Waals surface area contributed by atoms with Crippen molar-refractivity contribution in [2.75, 3.05) is 14.2 Å². The molecule has 0 aliphatic carbocycles. The van der Waals surface area contributed by atoms with Crippen molar-refractivity contribution in [2.24, 2.45) is 0 Å². The number of methoxy groups -OCH3 is 2. The van der Waals surface area contributed by atoms with Gasteiger partial charge in [0, 0.05) is 5.56 Å². The number of hydrogen-bond acceptors (Lipinski definition) is 5. The first-order valence-corrected chi connectivity index (χ1v) is 9.04. The van der Waals surface area contributed by atoms with Crippen LogP contribution < -0.4 is 4.74 Å². The van der Waals surface area contributed by atoms with E-state index in [9.17, 15) is 4.79 Å². The lowest BCUT2D eigenvalue weighted by molar-refractivity contribution is -0.139. The zero-order valence-corrected chi connectivity index (χ0v) is 15.7. The molecule has 0 amide bonds. The molecule has 0 aliphatic rings. The van der Waals surface area contributed by atoms with Crippen LogP contribution in [-0.2, 0) is 9.53 Å². The van der Waals surface area contributed by atoms with Gasteiger partial charge >= 0.3 is 5.97 Å². The quantitative estimate of drug-likeness (QED) is 0.482. The first-order valence-electron chi connectivity index (χ1n) is 8.16. The van der Waals surface area contributed by atoms with Gasteiger partial charge in [0.1, 0.15) is 11.0 Å². The van der Waals surface area contributed by atoms with E-state index in [1.807, 2.05) is 65.4 Å². The summed E-state index contributed by atoms with van der Waals surface area (Å²) in [4.78, 5) is 16.4. The second-order valence-electron chi connectivity index (χ2n) is 5.58. The maximum Gasteiger partial charge on any atom is 0.318 e. The molecule has 0 saturated heterocycles. The van der Waals surface area contributed by atoms with Gasteiger partial charge in [-0.25, -0.2) is 4.98 Å². The van der Waals surface area contributed by atoms with E-state index >= 15 is 0 Å². The summed E-state index contributed by atoms with van der Waals surface area (Å²) in [7, 11) is 3.03. The van der Waals surface area contributed by atoms with Gasteiger partial charge in [0.15, 0.2) is 5.16 Å². The molecule has 0 spiro atoms. The Kier molecular flexibility index (Phi) is 5.63. The summed E-state index contributed by atoms with van der Waals surface area (Å²) >= 11 is 1.35. The van der Waals surface area contributed by atoms with Crippen LogP contribution in [0, 0.1) is 0 Å². The Morgan fingerprint density at radius 2 is 1.77 bits per heavy atom. The molecule has 0 saturated carbocycles. The number of nitrogens with zero attached hydrogens (tertiary/aromatic N) is 2. The molecule has 6 heteroatoms. The summed E-state index contributed by atoms with van der Waals surface area (Å²) in [5, 5.41) is 0.325. The average Bonchev–Trinajstić information content (AvgIpc) is 3.11. The van der Waals surface area contributed by atoms with Crippen LogP contribution >= 0.6 is 11.8 Å². The first kappa shape index (κ1) is 18.1. The van der Waals surface area contributed by atoms with E-state index in [1.54, 1.807) is 14.0 Å². The van der Waals surface area contributed by atoms with Crippen molar-refractivity contribution in [1.82, 2.24) is 9.55 Å². The lowest BCUT2D eigenvalue weighted by atomic mass is 10.1. The van der Waals surface area contributed by atoms with Crippen molar-refractivity contribution < 1.29 is 14.3 Å². The van der Waals surface area contributed by atoms with E-state index in [0.717, 1.165) is 22.7 Å². The number of para-hydroxylation sites is 2. The molecule has 0 N–H and O–H groups in total. The summed E-state index contributed by atoms with van der Waals surface area (Å²) in [6, 6.07) is 17.8. The van der Waals surface area contributed by atoms with Gasteiger partial charge in [0.25, 0.3) is 0 Å². The highest BCUT2D eigenvalue weighted by molar-refractivity contribution is 8.00. The molecular formula is C20H20N2O3S. The van der Waals surface area contributed by atoms with E-state index in [1.165, 1.54) is 18.9 Å². The zero-order valence-electron chi connectivity index (χ0n) is 14.9. The second kappa shape index (κ2) is 8.10. The van der Waals surface area contributed by atoms with Gasteiger partial charge in [-0.05, 0) is 19.1 Å². The molecule has 1 aromatic heterocycles. The smallest absolute Gasteiger partial charge is 0.318 e. The lowest BCUT2D eigenvalue weighted by Crippen LogP contribution is -2.15. The van der Waals surface area contributed by atoms with Crippen LogP contribution in [0.5, 0.6) is 5.75 Å². The molecule has 3 rings (SSSR count). The third-order valence-corrected chi connectivity index (χ3v) is 4.99. The van der Waals surface area contributed by atoms with Gasteiger partial charge in [-0.1, -0.05) is 54.2 Å². The SMILES string of the molecule is COC(=O)C(C)Sc1ncc(-c2ccccc2)n1-c1ccccc1OC. The Morgan fingerprint density at radius 1 is 1.08 bits per heavy atom. The maximum absolute atomic E-state index is 11.9. The van der Waals surface area contributed by atoms with Gasteiger partial charge < -0.3 is 9.47 Å². The van der Waals surface area contributed by atoms with Crippen LogP contribution in [0.4, 0.5) is 0 Å². The van der Waals surface area contributed by atoms with Crippen molar-refractivity contribution in [2.45, 2.75) is 17.3 Å². The van der Waals surface area contributed by atoms with Crippen LogP contribution in [0.2, 0.25) is 0 Å². The van der Waals surface area contributed by atoms with Gasteiger partial charge in [-0.15, -0.1) is 0 Å². The fraction of sp³-hybridized carbons (Fsp3) is 0.200. The average molecular weight is 368 g/mol. The number of imidazole rings is 1. The van der Waals surface area contributed by atoms with Crippen molar-refractivity contribution in [3.63, 3.8) is 0 Å². The molecule has 5 nitrogen and oxygen atoms in total. The Bertz CT molecular complexity index is 893. The maximum atomic E-state index is 11.9. The normalized spacial score (nSPS) is 11.8. The molecule has 134 valence electrons. The molecule has 0 bridgehead atoms. The number of ether oxygens (including phenoxy) is 2. The van der Waals surface area contributed by atoms with Crippen LogP contribution in [-0.4, -0.2) is 35.0 Å². The van der Waals surface area contributed by atoms with Gasteiger partial charge in [0.2, 0.25) is 0 Å². The summed E-state index contributed by atoms with van der Waals surface area (Å²) in [5.41, 5.74) is 2.82. The molecule has 2 aromatic carbocycles. The summed E-state index contributed by atoms with van der Waals surface area (Å²) in [6.07, 6.45) is 1.81. The van der Waals surface area contributed by atoms with Gasteiger partial charge in [0.05, 0.1) is 31.8 Å². The number of hydrogen-bond donors (Lipinski definition) is 0. The number of rotatable bonds is 6. The van der Waals surface area contributed by atoms with Crippen LogP contribution in [0.15, 0.2) is 66.0 Å². The van der Waals surface area contributed by atoms with Crippen LogP contribution in [0.1, 0.15) is 6.92 Å². The number of benzene rings is 2. The Labute approximate surface area is 157 Å². The molecule has 1 heterocycles. The molecule has 1 atom stereocenters. The summed E-state index contributed by atoms with van der Waals surface area (Å²) in [6.45, 7) is 1.81. The number of carbonyl (C=O) groups excluding carboxylic acids is 1. The summed E-state index contributed by atoms with van der Waals surface area (Å²) in [5.74, 6) is 0.445. The molecule has 0 aliphatic heterocycles. The second-order valence-corrected chi connectivity index (χ2v) is 6.89. The highest BCUT2D eigenvalue weighted by Gasteiger charge is 2.22. The molecule has 0 radical (unpaired) electrons. The Morgan fingerprint density at radius 3 is 2.46 bits per heavy atom. The molecule has 0 fully saturated rings. The Hall–Kier alpha value is -2.73. The number of thioether (sulfide) groups is 1. The van der Waals surface area contributed by atoms with Crippen molar-refractivity contribution in [1.29, 1.82) is 0 Å². The number of aromatic nitrogens is 2. The van der Waals surface area contributed by atoms with E-state index in [0.29, 0.717) is 5.16 Å². The highest BCUT2D eigenvalue weighted by Crippen LogP contribution is 2.35. The van der Waals surface area contributed by atoms with E-state index < -0.39 is 0 Å². The zero-order chi connectivity index (χ0) is 18.5. The largest absolute Gasteiger partial charge is 0.495 e. The number of esters is 1. The van der Waals surface area contributed by atoms with Crippen LogP contribution in [0.25, 0.3) is 16.9 Å². The lowest BCUT2D eigenvalue weighted by Gasteiger charge is -2.16. The predicted molar refractivity (Wildman–Crippen MR) is 103 cm³/mol. The Balaban J connectivity index is 2.14. The summed E-state index contributed by atoms with van der Waals surface area (Å²) < 4.78 is 12.4. The van der Waals surface area contributed by atoms with Crippen molar-refractivity contribution in [3.8, 4) is 22.7 Å². The monoisotopic (exact) mass is 368 g/mol. The molecule has 26 heavy (non-hydrogen) atoms. The van der Waals surface area contributed by atoms with Crippen LogP contribution in [0.3, 0.4) is 0 Å². The molecule has 3 aromatic rings. The fourth-order valence-corrected chi connectivity index (χ4v) is 3.57. The van der Waals surface area contributed by atoms with Gasteiger partial charge in [-0.2, -0.15) is 0 Å². The topological polar surface area (TPSA) is 53.3 Å². The van der Waals surface area contributed by atoms with Gasteiger partial charge in [-0.3, -0.25) is 9.36 Å². The van der Waals surface area contributed by atoms with E-state index in [-0.39, 0.29) is 11.2 Å². The minimum absolute atomic E-state index is 0.286. The fourth-order valence-electron chi connectivity index (χ4n) is 2.65.